The van der Waals surface area contributed by atoms with Crippen LogP contribution in [0.25, 0.3) is 100 Å². The highest BCUT2D eigenvalue weighted by Crippen LogP contribution is 2.64. The van der Waals surface area contributed by atoms with E-state index < -0.39 is 0 Å². The van der Waals surface area contributed by atoms with E-state index in [0.717, 1.165) is 105 Å². The van der Waals surface area contributed by atoms with Crippen LogP contribution in [-0.4, -0.2) is 55.9 Å². The fraction of sp³-hybridized carbons (Fsp3) is 0.339. The van der Waals surface area contributed by atoms with Crippen molar-refractivity contribution in [2.45, 2.75) is 204 Å². The van der Waals surface area contributed by atoms with Gasteiger partial charge in [-0.25, -0.2) is 0 Å². The molecule has 117 heavy (non-hydrogen) atoms. The fourth-order valence-corrected chi connectivity index (χ4v) is 28.2. The molecule has 0 aromatic heterocycles. The Morgan fingerprint density at radius 2 is 0.427 bits per heavy atom. The zero-order chi connectivity index (χ0) is 79.2. The van der Waals surface area contributed by atoms with Gasteiger partial charge < -0.3 is 28.4 Å². The molecule has 0 N–H and O–H groups in total. The van der Waals surface area contributed by atoms with Crippen molar-refractivity contribution in [3.63, 3.8) is 0 Å². The van der Waals surface area contributed by atoms with Crippen molar-refractivity contribution >= 4 is 15.8 Å². The molecule has 8 heteroatoms. The number of hydrogen-bond donors (Lipinski definition) is 0. The first kappa shape index (κ1) is 79.8. The van der Waals surface area contributed by atoms with Crippen molar-refractivity contribution in [2.24, 2.45) is 0 Å². The molecule has 0 atom stereocenters. The summed E-state index contributed by atoms with van der Waals surface area (Å²) >= 11 is 0. The largest absolute Gasteiger partial charge is 0.493 e. The van der Waals surface area contributed by atoms with Crippen molar-refractivity contribution in [2.75, 3.05) is 33.2 Å². The Labute approximate surface area is 699 Å². The second-order valence-corrected chi connectivity index (χ2v) is 39.2. The molecule has 4 aliphatic carbocycles. The maximum Gasteiger partial charge on any atom is 0.230 e. The van der Waals surface area contributed by atoms with Crippen molar-refractivity contribution in [1.82, 2.24) is 0 Å². The lowest BCUT2D eigenvalue weighted by atomic mass is 9.86. The molecule has 6 nitrogen and oxygen atoms in total. The number of benzene rings is 12. The summed E-state index contributed by atoms with van der Waals surface area (Å²) in [6, 6.07) is 91.6. The number of rotatable bonds is 14. The number of fused-ring (bicyclic) bond motifs is 9. The minimum Gasteiger partial charge on any atom is -0.493 e. The van der Waals surface area contributed by atoms with Gasteiger partial charge in [0.25, 0.3) is 0 Å². The molecule has 7 aliphatic rings. The summed E-state index contributed by atoms with van der Waals surface area (Å²) in [7, 11) is -0.405. The topological polar surface area (TPSA) is 55.4 Å². The molecule has 12 aromatic carbocycles. The van der Waals surface area contributed by atoms with Gasteiger partial charge in [0.15, 0.2) is 0 Å². The van der Waals surface area contributed by atoms with Gasteiger partial charge in [0.1, 0.15) is 47.7 Å². The van der Waals surface area contributed by atoms with Gasteiger partial charge in [-0.1, -0.05) is 311 Å². The van der Waals surface area contributed by atoms with Crippen LogP contribution in [0.2, 0.25) is 0 Å². The monoisotopic (exact) mass is 1580 g/mol. The Kier molecular flexibility index (Phi) is 26.1. The normalized spacial score (nSPS) is 16.5. The minimum absolute atomic E-state index is 0.202. The SMILES string of the molecule is Cc1c(-c2ccccc2)ccc2c1-c1c(ccc(-c3ccccc3)c1C)OCCO2.Cc1c(-c2ccccc2)ccc2c1-c1c(ccc(-c3ccccc3)c1C)OCO2.c1ccc(-c2ccc3c(c2CP(C2CCCCC2)C2CCCCC2)-c2c(ccc(-c4ccccc4)c2CP(C2CCCCC2)C2CCCCC2)OCCCCO3)cc1. The van der Waals surface area contributed by atoms with Crippen LogP contribution in [0, 0.1) is 27.7 Å². The van der Waals surface area contributed by atoms with E-state index in [1.807, 2.05) is 12.1 Å². The lowest BCUT2D eigenvalue weighted by Gasteiger charge is -2.40. The van der Waals surface area contributed by atoms with E-state index in [1.165, 1.54) is 241 Å². The quantitative estimate of drug-likeness (QED) is 0.101. The highest BCUT2D eigenvalue weighted by atomic mass is 31.1. The first-order valence-corrected chi connectivity index (χ1v) is 47.6. The highest BCUT2D eigenvalue weighted by molar-refractivity contribution is 7.58. The molecular formula is C109H116O6P2. The van der Waals surface area contributed by atoms with Crippen LogP contribution in [0.5, 0.6) is 34.5 Å². The summed E-state index contributed by atoms with van der Waals surface area (Å²) in [5, 5.41) is 0. The molecule has 3 aliphatic heterocycles. The third kappa shape index (κ3) is 17.9. The Balaban J connectivity index is 0.000000139. The minimum atomic E-state index is -0.202. The van der Waals surface area contributed by atoms with Crippen molar-refractivity contribution in [3.05, 3.63) is 288 Å². The zero-order valence-corrected chi connectivity index (χ0v) is 71.2. The molecule has 0 unspecified atom stereocenters. The molecule has 0 bridgehead atoms. The maximum atomic E-state index is 7.12. The van der Waals surface area contributed by atoms with E-state index in [1.54, 1.807) is 11.1 Å². The highest BCUT2D eigenvalue weighted by Gasteiger charge is 2.38. The fourth-order valence-electron chi connectivity index (χ4n) is 20.5. The Hall–Kier alpha value is -9.70. The van der Waals surface area contributed by atoms with Crippen LogP contribution in [0.1, 0.15) is 175 Å². The van der Waals surface area contributed by atoms with Gasteiger partial charge >= 0.3 is 0 Å². The van der Waals surface area contributed by atoms with Crippen LogP contribution < -0.4 is 28.4 Å². The second kappa shape index (κ2) is 38.4. The third-order valence-electron chi connectivity index (χ3n) is 26.5. The summed E-state index contributed by atoms with van der Waals surface area (Å²) in [5.74, 6) is 5.79. The lowest BCUT2D eigenvalue weighted by molar-refractivity contribution is 0.125. The molecule has 0 spiro atoms. The van der Waals surface area contributed by atoms with Crippen LogP contribution in [0.15, 0.2) is 255 Å². The zero-order valence-electron chi connectivity index (χ0n) is 69.4. The summed E-state index contributed by atoms with van der Waals surface area (Å²) in [6.07, 6.45) is 33.0. The third-order valence-corrected chi connectivity index (χ3v) is 33.6. The van der Waals surface area contributed by atoms with Gasteiger partial charge in [0, 0.05) is 33.4 Å². The smallest absolute Gasteiger partial charge is 0.230 e. The average Bonchev–Trinajstić information content (AvgIpc) is 1.46. The standard InChI is InChI=1S/C54H70O2P2.C28H24O2.C27H22O2/c1-7-21-41(22-8-1)47-33-35-51-53(49(47)39-57(43-25-11-3-12-26-43)44-27-13-4-14-28-44)54-50(40-58(45-29-15-5-16-30-45)46-31-17-6-18-32-46)48(42-23-9-2-10-24-42)34-36-52(54)56-38-20-19-37-55-51;1-19-23(21-9-5-3-6-10-21)13-15-25-27(19)28-20(2)24(22-11-7-4-8-12-22)14-16-26(28)30-18-17-29-25;1-18-22(20-9-5-3-6-10-20)13-15-24-26(18)27-19(2)23(21-11-7-4-8-12-21)14-16-25(27)29-17-28-24/h1-2,7-10,21-24,33-36,43-46H,3-6,11-20,25-32,37-40H2;3-16H,17-18H2,1-2H3;3-16H,17H2,1-2H3. The predicted molar refractivity (Wildman–Crippen MR) is 493 cm³/mol. The molecule has 4 fully saturated rings. The van der Waals surface area contributed by atoms with Crippen molar-refractivity contribution < 1.29 is 28.4 Å². The number of hydrogen-bond acceptors (Lipinski definition) is 6. The van der Waals surface area contributed by atoms with Crippen LogP contribution in [0.4, 0.5) is 0 Å². The first-order chi connectivity index (χ1) is 57.8. The first-order valence-electron chi connectivity index (χ1n) is 44.3. The summed E-state index contributed by atoms with van der Waals surface area (Å²) in [4.78, 5) is 0. The molecule has 0 amide bonds. The van der Waals surface area contributed by atoms with Crippen LogP contribution >= 0.6 is 15.8 Å². The second-order valence-electron chi connectivity index (χ2n) is 33.6. The molecule has 0 radical (unpaired) electrons. The number of ether oxygens (including phenoxy) is 6. The molecule has 598 valence electrons. The molecule has 3 heterocycles. The summed E-state index contributed by atoms with van der Waals surface area (Å²) in [5.41, 5.74) is 34.0. The van der Waals surface area contributed by atoms with Gasteiger partial charge in [0.2, 0.25) is 6.79 Å². The Morgan fingerprint density at radius 1 is 0.214 bits per heavy atom. The molecule has 0 saturated heterocycles. The lowest BCUT2D eigenvalue weighted by Crippen LogP contribution is -2.22. The van der Waals surface area contributed by atoms with E-state index in [2.05, 4.69) is 270 Å². The van der Waals surface area contributed by atoms with E-state index in [0.29, 0.717) is 13.2 Å². The average molecular weight is 1580 g/mol. The van der Waals surface area contributed by atoms with Crippen molar-refractivity contribution in [1.29, 1.82) is 0 Å². The van der Waals surface area contributed by atoms with Crippen LogP contribution in [-0.2, 0) is 12.3 Å². The molecule has 19 rings (SSSR count). The van der Waals surface area contributed by atoms with Gasteiger partial charge in [-0.3, -0.25) is 0 Å². The van der Waals surface area contributed by atoms with Gasteiger partial charge in [-0.05, 0) is 263 Å². The Morgan fingerprint density at radius 3 is 0.684 bits per heavy atom. The predicted octanol–water partition coefficient (Wildman–Crippen LogP) is 30.6. The molecular weight excluding hydrogens is 1470 g/mol. The van der Waals surface area contributed by atoms with E-state index in [-0.39, 0.29) is 22.6 Å². The Bertz CT molecular complexity index is 4930. The summed E-state index contributed by atoms with van der Waals surface area (Å²) in [6.45, 7) is 11.5. The van der Waals surface area contributed by atoms with Gasteiger partial charge in [0.05, 0.1) is 13.2 Å². The molecule has 4 saturated carbocycles. The van der Waals surface area contributed by atoms with E-state index in [4.69, 9.17) is 28.4 Å². The summed E-state index contributed by atoms with van der Waals surface area (Å²) < 4.78 is 38.5. The van der Waals surface area contributed by atoms with Crippen LogP contribution in [0.3, 0.4) is 0 Å². The van der Waals surface area contributed by atoms with E-state index >= 15 is 0 Å². The van der Waals surface area contributed by atoms with Gasteiger partial charge in [-0.15, -0.1) is 0 Å². The molecule has 12 aromatic rings. The van der Waals surface area contributed by atoms with Crippen molar-refractivity contribution in [3.8, 4) is 135 Å². The van der Waals surface area contributed by atoms with E-state index in [9.17, 15) is 0 Å². The van der Waals surface area contributed by atoms with Gasteiger partial charge in [-0.2, -0.15) is 0 Å². The maximum absolute atomic E-state index is 7.12.